The van der Waals surface area contributed by atoms with E-state index in [1.54, 1.807) is 12.1 Å². The zero-order valence-corrected chi connectivity index (χ0v) is 12.1. The van der Waals surface area contributed by atoms with Crippen LogP contribution in [0.25, 0.3) is 0 Å². The minimum atomic E-state index is -0.713. The molecule has 0 saturated heterocycles. The quantitative estimate of drug-likeness (QED) is 0.829. The first-order valence-electron chi connectivity index (χ1n) is 5.77. The number of halogens is 3. The van der Waals surface area contributed by atoms with Crippen molar-refractivity contribution in [2.75, 3.05) is 0 Å². The second-order valence-electron chi connectivity index (χ2n) is 4.85. The van der Waals surface area contributed by atoms with Crippen LogP contribution in [0.5, 0.6) is 0 Å². The SMILES string of the molecule is CC(Cc1c(Cl)ccc(Cl)c1Cl)C1CC1C(=O)O. The highest BCUT2D eigenvalue weighted by molar-refractivity contribution is 6.44. The molecule has 1 fully saturated rings. The number of rotatable bonds is 4. The van der Waals surface area contributed by atoms with Gasteiger partial charge in [-0.2, -0.15) is 0 Å². The molecule has 1 saturated carbocycles. The van der Waals surface area contributed by atoms with Crippen molar-refractivity contribution in [2.45, 2.75) is 19.8 Å². The van der Waals surface area contributed by atoms with Crippen molar-refractivity contribution in [3.63, 3.8) is 0 Å². The first-order chi connectivity index (χ1) is 8.41. The standard InChI is InChI=1S/C13H13Cl3O2/c1-6(7-5-8(7)13(17)18)4-9-10(14)2-3-11(15)12(9)16/h2-3,6-8H,4-5H2,1H3,(H,17,18). The zero-order valence-electron chi connectivity index (χ0n) is 9.79. The zero-order chi connectivity index (χ0) is 13.4. The van der Waals surface area contributed by atoms with Gasteiger partial charge in [0, 0.05) is 5.02 Å². The summed E-state index contributed by atoms with van der Waals surface area (Å²) >= 11 is 18.2. The third kappa shape index (κ3) is 2.76. The lowest BCUT2D eigenvalue weighted by atomic mass is 9.95. The summed E-state index contributed by atoms with van der Waals surface area (Å²) in [7, 11) is 0. The molecular formula is C13H13Cl3O2. The minimum absolute atomic E-state index is 0.211. The van der Waals surface area contributed by atoms with Crippen LogP contribution in [0.15, 0.2) is 12.1 Å². The van der Waals surface area contributed by atoms with E-state index in [9.17, 15) is 4.79 Å². The van der Waals surface area contributed by atoms with Crippen LogP contribution in [0.4, 0.5) is 0 Å². The van der Waals surface area contributed by atoms with E-state index in [1.807, 2.05) is 6.92 Å². The second-order valence-corrected chi connectivity index (χ2v) is 6.04. The van der Waals surface area contributed by atoms with Crippen molar-refractivity contribution in [3.05, 3.63) is 32.8 Å². The van der Waals surface area contributed by atoms with E-state index in [-0.39, 0.29) is 17.8 Å². The second kappa shape index (κ2) is 5.28. The van der Waals surface area contributed by atoms with Gasteiger partial charge in [0.2, 0.25) is 0 Å². The number of hydrogen-bond donors (Lipinski definition) is 1. The highest BCUT2D eigenvalue weighted by atomic mass is 35.5. The lowest BCUT2D eigenvalue weighted by Crippen LogP contribution is -2.09. The van der Waals surface area contributed by atoms with Gasteiger partial charge in [0.25, 0.3) is 0 Å². The van der Waals surface area contributed by atoms with Crippen molar-refractivity contribution >= 4 is 40.8 Å². The highest BCUT2D eigenvalue weighted by Crippen LogP contribution is 2.46. The van der Waals surface area contributed by atoms with E-state index in [0.717, 1.165) is 12.0 Å². The van der Waals surface area contributed by atoms with Gasteiger partial charge < -0.3 is 5.11 Å². The van der Waals surface area contributed by atoms with Crippen molar-refractivity contribution in [2.24, 2.45) is 17.8 Å². The average Bonchev–Trinajstić information content (AvgIpc) is 3.09. The first-order valence-corrected chi connectivity index (χ1v) is 6.90. The Labute approximate surface area is 121 Å². The fourth-order valence-electron chi connectivity index (χ4n) is 2.36. The molecule has 0 radical (unpaired) electrons. The third-order valence-corrected chi connectivity index (χ3v) is 4.75. The first kappa shape index (κ1) is 14.0. The summed E-state index contributed by atoms with van der Waals surface area (Å²) in [4.78, 5) is 10.8. The topological polar surface area (TPSA) is 37.3 Å². The van der Waals surface area contributed by atoms with Gasteiger partial charge in [-0.3, -0.25) is 4.79 Å². The molecule has 0 aromatic heterocycles. The predicted octanol–water partition coefficient (Wildman–Crippen LogP) is 4.55. The van der Waals surface area contributed by atoms with Gasteiger partial charge >= 0.3 is 5.97 Å². The van der Waals surface area contributed by atoms with Gasteiger partial charge in [-0.1, -0.05) is 41.7 Å². The summed E-state index contributed by atoms with van der Waals surface area (Å²) in [6.07, 6.45) is 1.40. The van der Waals surface area contributed by atoms with E-state index in [4.69, 9.17) is 39.9 Å². The van der Waals surface area contributed by atoms with Gasteiger partial charge in [-0.25, -0.2) is 0 Å². The largest absolute Gasteiger partial charge is 0.481 e. The van der Waals surface area contributed by atoms with E-state index >= 15 is 0 Å². The maximum Gasteiger partial charge on any atom is 0.306 e. The van der Waals surface area contributed by atoms with Gasteiger partial charge in [0.05, 0.1) is 16.0 Å². The maximum atomic E-state index is 10.8. The summed E-state index contributed by atoms with van der Waals surface area (Å²) in [6.45, 7) is 2.03. The molecule has 0 bridgehead atoms. The van der Waals surface area contributed by atoms with Crippen LogP contribution >= 0.6 is 34.8 Å². The summed E-state index contributed by atoms with van der Waals surface area (Å²) in [6, 6.07) is 3.39. The molecule has 1 aliphatic rings. The molecule has 1 aromatic carbocycles. The lowest BCUT2D eigenvalue weighted by molar-refractivity contribution is -0.139. The normalized spacial score (nSPS) is 23.8. The van der Waals surface area contributed by atoms with Crippen LogP contribution in [-0.2, 0) is 11.2 Å². The molecule has 2 nitrogen and oxygen atoms in total. The van der Waals surface area contributed by atoms with Gasteiger partial charge in [0.15, 0.2) is 0 Å². The predicted molar refractivity (Wildman–Crippen MR) is 73.6 cm³/mol. The van der Waals surface area contributed by atoms with E-state index in [1.165, 1.54) is 0 Å². The number of carbonyl (C=O) groups is 1. The van der Waals surface area contributed by atoms with Crippen molar-refractivity contribution < 1.29 is 9.90 Å². The number of carboxylic acids is 1. The van der Waals surface area contributed by atoms with Crippen LogP contribution in [0.3, 0.4) is 0 Å². The van der Waals surface area contributed by atoms with Crippen LogP contribution < -0.4 is 0 Å². The Bertz CT molecular complexity index is 487. The molecule has 2 rings (SSSR count). The number of benzene rings is 1. The van der Waals surface area contributed by atoms with E-state index in [0.29, 0.717) is 21.5 Å². The average molecular weight is 308 g/mol. The molecule has 0 spiro atoms. The number of hydrogen-bond acceptors (Lipinski definition) is 1. The minimum Gasteiger partial charge on any atom is -0.481 e. The van der Waals surface area contributed by atoms with Gasteiger partial charge in [-0.15, -0.1) is 0 Å². The number of aliphatic carboxylic acids is 1. The van der Waals surface area contributed by atoms with Crippen molar-refractivity contribution in [1.82, 2.24) is 0 Å². The fourth-order valence-corrected chi connectivity index (χ4v) is 3.06. The summed E-state index contributed by atoms with van der Waals surface area (Å²) in [5.74, 6) is -0.472. The molecule has 1 aliphatic carbocycles. The summed E-state index contributed by atoms with van der Waals surface area (Å²) < 4.78 is 0. The van der Waals surface area contributed by atoms with Crippen LogP contribution in [0.1, 0.15) is 18.9 Å². The van der Waals surface area contributed by atoms with Crippen LogP contribution in [-0.4, -0.2) is 11.1 Å². The van der Waals surface area contributed by atoms with Gasteiger partial charge in [0.1, 0.15) is 0 Å². The Balaban J connectivity index is 2.11. The lowest BCUT2D eigenvalue weighted by Gasteiger charge is -2.14. The maximum absolute atomic E-state index is 10.8. The smallest absolute Gasteiger partial charge is 0.306 e. The molecule has 5 heteroatoms. The Morgan fingerprint density at radius 1 is 1.39 bits per heavy atom. The summed E-state index contributed by atoms with van der Waals surface area (Å²) in [5.41, 5.74) is 0.814. The molecule has 3 unspecified atom stereocenters. The van der Waals surface area contributed by atoms with Crippen molar-refractivity contribution in [1.29, 1.82) is 0 Å². The molecule has 0 amide bonds. The molecule has 18 heavy (non-hydrogen) atoms. The van der Waals surface area contributed by atoms with Crippen molar-refractivity contribution in [3.8, 4) is 0 Å². The molecule has 98 valence electrons. The Morgan fingerprint density at radius 2 is 2.00 bits per heavy atom. The monoisotopic (exact) mass is 306 g/mol. The highest BCUT2D eigenvalue weighted by Gasteiger charge is 2.46. The Hall–Kier alpha value is -0.440. The van der Waals surface area contributed by atoms with Crippen LogP contribution in [0, 0.1) is 17.8 Å². The molecule has 1 N–H and O–H groups in total. The van der Waals surface area contributed by atoms with Gasteiger partial charge in [-0.05, 0) is 42.4 Å². The Morgan fingerprint density at radius 3 is 2.56 bits per heavy atom. The number of carboxylic acid groups (broad SMARTS) is 1. The summed E-state index contributed by atoms with van der Waals surface area (Å²) in [5, 5.41) is 10.5. The molecule has 3 atom stereocenters. The van der Waals surface area contributed by atoms with E-state index < -0.39 is 5.97 Å². The third-order valence-electron chi connectivity index (χ3n) is 3.55. The molecule has 0 heterocycles. The van der Waals surface area contributed by atoms with Crippen LogP contribution in [0.2, 0.25) is 15.1 Å². The van der Waals surface area contributed by atoms with E-state index in [2.05, 4.69) is 0 Å². The molecular weight excluding hydrogens is 295 g/mol. The molecule has 0 aliphatic heterocycles. The molecule has 1 aromatic rings. The fraction of sp³-hybridized carbons (Fsp3) is 0.462. The Kier molecular flexibility index (Phi) is 4.10.